The van der Waals surface area contributed by atoms with E-state index in [4.69, 9.17) is 0 Å². The van der Waals surface area contributed by atoms with E-state index >= 15 is 0 Å². The summed E-state index contributed by atoms with van der Waals surface area (Å²) in [6.45, 7) is 4.88. The second-order valence-electron chi connectivity index (χ2n) is 20.4. The van der Waals surface area contributed by atoms with Crippen molar-refractivity contribution in [2.24, 2.45) is 29.6 Å². The average Bonchev–Trinajstić information content (AvgIpc) is 4.01. The van der Waals surface area contributed by atoms with Crippen LogP contribution in [0.25, 0.3) is 38.6 Å². The molecule has 3 atom stereocenters. The zero-order valence-electron chi connectivity index (χ0n) is 34.1. The second kappa shape index (κ2) is 12.2. The molecule has 0 radical (unpaired) electrons. The van der Waals surface area contributed by atoms with Gasteiger partial charge in [-0.05, 0) is 199 Å². The van der Waals surface area contributed by atoms with Gasteiger partial charge in [0.1, 0.15) is 0 Å². The van der Waals surface area contributed by atoms with E-state index in [0.29, 0.717) is 5.41 Å². The normalized spacial score (nSPS) is 28.4. The number of hydrogen-bond donors (Lipinski definition) is 0. The summed E-state index contributed by atoms with van der Waals surface area (Å²) >= 11 is 0. The molecule has 0 N–H and O–H groups in total. The molecule has 0 saturated heterocycles. The molecule has 0 aliphatic heterocycles. The van der Waals surface area contributed by atoms with Crippen molar-refractivity contribution in [2.75, 3.05) is 4.90 Å². The molecule has 2 heteroatoms. The molecule has 2 nitrogen and oxygen atoms in total. The molecular weight excluding hydrogens is 701 g/mol. The van der Waals surface area contributed by atoms with Crippen LogP contribution in [0, 0.1) is 29.6 Å². The number of anilines is 3. The molecule has 0 amide bonds. The van der Waals surface area contributed by atoms with Crippen LogP contribution in [0.2, 0.25) is 0 Å². The van der Waals surface area contributed by atoms with Crippen LogP contribution in [0.5, 0.6) is 0 Å². The molecule has 7 aromatic rings. The highest BCUT2D eigenvalue weighted by atomic mass is 15.1. The quantitative estimate of drug-likeness (QED) is 0.164. The van der Waals surface area contributed by atoms with Crippen LogP contribution < -0.4 is 4.90 Å². The Hall–Kier alpha value is -5.08. The Kier molecular flexibility index (Phi) is 7.14. The van der Waals surface area contributed by atoms with Crippen molar-refractivity contribution >= 4 is 38.9 Å². The van der Waals surface area contributed by atoms with Crippen LogP contribution in [0.15, 0.2) is 133 Å². The van der Waals surface area contributed by atoms with Crippen molar-refractivity contribution in [3.8, 4) is 16.8 Å². The van der Waals surface area contributed by atoms with Crippen molar-refractivity contribution in [2.45, 2.75) is 94.8 Å². The van der Waals surface area contributed by atoms with E-state index in [1.807, 2.05) is 0 Å². The Labute approximate surface area is 343 Å². The molecule has 1 aromatic heterocycles. The first-order valence-corrected chi connectivity index (χ1v) is 22.7. The third kappa shape index (κ3) is 4.90. The maximum atomic E-state index is 2.56. The number of para-hydroxylation sites is 2. The fourth-order valence-corrected chi connectivity index (χ4v) is 14.6. The number of rotatable bonds is 6. The SMILES string of the molecule is CC1(C)c2cc(N(c3ccc(C4CC5CCC4C5)cc3)c3ccc(C45CC6CC(CC(C6)C4)C5)cc3)ccc2-c2cc3c4ccccc4n(-c4ccccc4)c3cc21. The zero-order valence-corrected chi connectivity index (χ0v) is 34.1. The van der Waals surface area contributed by atoms with E-state index in [2.05, 4.69) is 157 Å². The number of fused-ring (bicyclic) bond motifs is 8. The monoisotopic (exact) mass is 754 g/mol. The van der Waals surface area contributed by atoms with Crippen LogP contribution in [0.1, 0.15) is 106 Å². The molecule has 6 saturated carbocycles. The molecule has 6 aromatic carbocycles. The number of benzene rings is 6. The first-order valence-electron chi connectivity index (χ1n) is 22.7. The minimum absolute atomic E-state index is 0.160. The van der Waals surface area contributed by atoms with Gasteiger partial charge in [-0.3, -0.25) is 0 Å². The molecule has 3 unspecified atom stereocenters. The second-order valence-corrected chi connectivity index (χ2v) is 20.4. The molecule has 0 spiro atoms. The van der Waals surface area contributed by atoms with Crippen molar-refractivity contribution in [1.82, 2.24) is 4.57 Å². The maximum Gasteiger partial charge on any atom is 0.0544 e. The summed E-state index contributed by atoms with van der Waals surface area (Å²) in [5, 5.41) is 2.63. The Balaban J connectivity index is 0.923. The standard InChI is InChI=1S/C56H54N2/c1-55(2)51-29-45(22-23-46(51)49-30-50-47-10-6-7-11-53(47)58(54(50)31-52(49)55)42-8-4-3-5-9-42)57(43-18-14-39(15-19-43)48-28-35-12-13-40(48)27-35)44-20-16-41(17-21-44)56-32-36-24-37(33-56)26-38(25-36)34-56/h3-11,14-23,29-31,35-38,40,48H,12-13,24-28,32-34H2,1-2H3. The van der Waals surface area contributed by atoms with E-state index in [9.17, 15) is 0 Å². The van der Waals surface area contributed by atoms with Crippen LogP contribution >= 0.6 is 0 Å². The fourth-order valence-electron chi connectivity index (χ4n) is 14.6. The van der Waals surface area contributed by atoms with E-state index in [1.54, 1.807) is 11.1 Å². The van der Waals surface area contributed by atoms with Crippen LogP contribution in [0.4, 0.5) is 17.1 Å². The van der Waals surface area contributed by atoms with Gasteiger partial charge < -0.3 is 9.47 Å². The van der Waals surface area contributed by atoms with E-state index in [1.165, 1.54) is 131 Å². The van der Waals surface area contributed by atoms with Crippen LogP contribution in [0.3, 0.4) is 0 Å². The van der Waals surface area contributed by atoms with Gasteiger partial charge >= 0.3 is 0 Å². The molecule has 7 aliphatic rings. The Morgan fingerprint density at radius 2 is 1.17 bits per heavy atom. The van der Waals surface area contributed by atoms with Gasteiger partial charge in [-0.2, -0.15) is 0 Å². The Morgan fingerprint density at radius 1 is 0.517 bits per heavy atom. The van der Waals surface area contributed by atoms with Gasteiger partial charge in [0.15, 0.2) is 0 Å². The predicted octanol–water partition coefficient (Wildman–Crippen LogP) is 14.9. The van der Waals surface area contributed by atoms with E-state index in [-0.39, 0.29) is 5.41 Å². The smallest absolute Gasteiger partial charge is 0.0544 e. The third-order valence-corrected chi connectivity index (χ3v) is 16.8. The predicted molar refractivity (Wildman–Crippen MR) is 241 cm³/mol. The molecule has 6 bridgehead atoms. The molecule has 58 heavy (non-hydrogen) atoms. The summed E-state index contributed by atoms with van der Waals surface area (Å²) < 4.78 is 2.46. The van der Waals surface area contributed by atoms with Crippen molar-refractivity contribution in [3.63, 3.8) is 0 Å². The van der Waals surface area contributed by atoms with E-state index < -0.39 is 0 Å². The summed E-state index contributed by atoms with van der Waals surface area (Å²) in [4.78, 5) is 2.56. The van der Waals surface area contributed by atoms with Gasteiger partial charge in [0, 0.05) is 38.9 Å². The van der Waals surface area contributed by atoms with Gasteiger partial charge in [-0.1, -0.05) is 87.0 Å². The summed E-state index contributed by atoms with van der Waals surface area (Å²) in [5.74, 6) is 5.44. The number of aromatic nitrogens is 1. The van der Waals surface area contributed by atoms with Crippen molar-refractivity contribution in [1.29, 1.82) is 0 Å². The molecule has 6 fully saturated rings. The molecule has 288 valence electrons. The molecule has 14 rings (SSSR count). The Bertz CT molecular complexity index is 2710. The summed E-state index contributed by atoms with van der Waals surface area (Å²) in [6.07, 6.45) is 14.4. The van der Waals surface area contributed by atoms with Gasteiger partial charge in [-0.15, -0.1) is 0 Å². The minimum Gasteiger partial charge on any atom is -0.310 e. The lowest BCUT2D eigenvalue weighted by Crippen LogP contribution is -2.48. The lowest BCUT2D eigenvalue weighted by Gasteiger charge is -2.57. The van der Waals surface area contributed by atoms with Gasteiger partial charge in [0.05, 0.1) is 11.0 Å². The van der Waals surface area contributed by atoms with Crippen molar-refractivity contribution in [3.05, 3.63) is 156 Å². The Morgan fingerprint density at radius 3 is 1.86 bits per heavy atom. The van der Waals surface area contributed by atoms with Crippen LogP contribution in [-0.4, -0.2) is 4.57 Å². The lowest BCUT2D eigenvalue weighted by molar-refractivity contribution is -0.00518. The highest BCUT2D eigenvalue weighted by molar-refractivity contribution is 6.11. The first-order chi connectivity index (χ1) is 28.4. The molecular formula is C56H54N2. The van der Waals surface area contributed by atoms with Gasteiger partial charge in [-0.25, -0.2) is 0 Å². The number of hydrogen-bond acceptors (Lipinski definition) is 1. The fraction of sp³-hybridized carbons (Fsp3) is 0.357. The number of nitrogens with zero attached hydrogens (tertiary/aromatic N) is 2. The average molecular weight is 755 g/mol. The summed E-state index contributed by atoms with van der Waals surface area (Å²) in [7, 11) is 0. The molecule has 7 aliphatic carbocycles. The highest BCUT2D eigenvalue weighted by Gasteiger charge is 2.51. The van der Waals surface area contributed by atoms with Crippen LogP contribution in [-0.2, 0) is 10.8 Å². The summed E-state index contributed by atoms with van der Waals surface area (Å²) in [6, 6.07) is 52.0. The zero-order chi connectivity index (χ0) is 38.3. The van der Waals surface area contributed by atoms with Crippen molar-refractivity contribution < 1.29 is 0 Å². The summed E-state index contributed by atoms with van der Waals surface area (Å²) in [5.41, 5.74) is 16.5. The molecule has 1 heterocycles. The topological polar surface area (TPSA) is 8.17 Å². The first kappa shape index (κ1) is 33.8. The third-order valence-electron chi connectivity index (χ3n) is 16.8. The maximum absolute atomic E-state index is 2.56. The largest absolute Gasteiger partial charge is 0.310 e. The minimum atomic E-state index is -0.160. The highest BCUT2D eigenvalue weighted by Crippen LogP contribution is 2.61. The van der Waals surface area contributed by atoms with Gasteiger partial charge in [0.25, 0.3) is 0 Å². The van der Waals surface area contributed by atoms with Gasteiger partial charge in [0.2, 0.25) is 0 Å². The van der Waals surface area contributed by atoms with E-state index in [0.717, 1.165) is 35.5 Å². The lowest BCUT2D eigenvalue weighted by atomic mass is 9.48.